The highest BCUT2D eigenvalue weighted by Crippen LogP contribution is 2.41. The topological polar surface area (TPSA) is 0 Å². The predicted octanol–water partition coefficient (Wildman–Crippen LogP) is 3.02. The molecule has 0 amide bonds. The molecule has 0 saturated carbocycles. The third-order valence-electron chi connectivity index (χ3n) is 1.21. The maximum Gasteiger partial charge on any atom is 0.124 e. The van der Waals surface area contributed by atoms with Gasteiger partial charge in [0, 0.05) is 11.5 Å². The Kier molecular flexibility index (Phi) is 2.64. The van der Waals surface area contributed by atoms with Crippen molar-refractivity contribution in [1.82, 2.24) is 0 Å². The first kappa shape index (κ1) is 8.09. The van der Waals surface area contributed by atoms with E-state index < -0.39 is 0 Å². The molecule has 0 aliphatic carbocycles. The normalized spacial score (nSPS) is 28.3. The smallest absolute Gasteiger partial charge is 0.124 e. The van der Waals surface area contributed by atoms with Crippen LogP contribution in [0.2, 0.25) is 0 Å². The summed E-state index contributed by atoms with van der Waals surface area (Å²) in [6.45, 7) is 4.57. The summed E-state index contributed by atoms with van der Waals surface area (Å²) in [7, 11) is 0. The Morgan fingerprint density at radius 3 is 2.11 bits per heavy atom. The van der Waals surface area contributed by atoms with Crippen molar-refractivity contribution in [2.24, 2.45) is 5.41 Å². The highest BCUT2D eigenvalue weighted by Gasteiger charge is 2.26. The second kappa shape index (κ2) is 2.93. The second-order valence-corrected chi connectivity index (χ2v) is 6.50. The zero-order chi connectivity index (χ0) is 6.91. The van der Waals surface area contributed by atoms with Gasteiger partial charge in [0.1, 0.15) is 4.04 Å². The van der Waals surface area contributed by atoms with Gasteiger partial charge in [-0.1, -0.05) is 25.4 Å². The van der Waals surface area contributed by atoms with E-state index in [1.807, 2.05) is 23.5 Å². The minimum atomic E-state index is 0.304. The van der Waals surface area contributed by atoms with Gasteiger partial charge >= 0.3 is 0 Å². The van der Waals surface area contributed by atoms with Crippen LogP contribution >= 0.6 is 35.1 Å². The van der Waals surface area contributed by atoms with Crippen molar-refractivity contribution < 1.29 is 0 Å². The van der Waals surface area contributed by atoms with Gasteiger partial charge in [-0.15, -0.1) is 23.5 Å². The van der Waals surface area contributed by atoms with Gasteiger partial charge in [0.25, 0.3) is 0 Å². The summed E-state index contributed by atoms with van der Waals surface area (Å²) in [6, 6.07) is 0. The molecule has 0 spiro atoms. The highest BCUT2D eigenvalue weighted by molar-refractivity contribution is 8.19. The average molecular weight is 183 g/mol. The Labute approximate surface area is 70.1 Å². The molecular weight excluding hydrogens is 172 g/mol. The molecule has 0 nitrogen and oxygen atoms in total. The minimum absolute atomic E-state index is 0.304. The van der Waals surface area contributed by atoms with Crippen molar-refractivity contribution in [2.75, 3.05) is 11.5 Å². The first-order valence-corrected chi connectivity index (χ1v) is 5.51. The van der Waals surface area contributed by atoms with E-state index in [1.54, 1.807) is 0 Å². The largest absolute Gasteiger partial charge is 0.131 e. The quantitative estimate of drug-likeness (QED) is 0.529. The molecule has 1 fully saturated rings. The van der Waals surface area contributed by atoms with Gasteiger partial charge in [-0.05, 0) is 5.41 Å². The molecule has 54 valence electrons. The molecule has 1 aliphatic heterocycles. The van der Waals surface area contributed by atoms with Crippen molar-refractivity contribution in [2.45, 2.75) is 17.9 Å². The Morgan fingerprint density at radius 2 is 1.78 bits per heavy atom. The van der Waals surface area contributed by atoms with Crippen LogP contribution < -0.4 is 0 Å². The van der Waals surface area contributed by atoms with Crippen LogP contribution in [0.1, 0.15) is 13.8 Å². The van der Waals surface area contributed by atoms with Gasteiger partial charge in [0.2, 0.25) is 0 Å². The number of alkyl halides is 1. The van der Waals surface area contributed by atoms with E-state index in [-0.39, 0.29) is 0 Å². The van der Waals surface area contributed by atoms with Crippen LogP contribution in [0.15, 0.2) is 0 Å². The second-order valence-electron chi connectivity index (χ2n) is 3.06. The standard InChI is InChI=1S/C6H11ClS2/c1-6(2)3-8-5(7)9-4-6/h5H,3-4H2,1-2H3. The fourth-order valence-corrected chi connectivity index (χ4v) is 3.34. The highest BCUT2D eigenvalue weighted by atomic mass is 35.5. The van der Waals surface area contributed by atoms with Crippen molar-refractivity contribution in [1.29, 1.82) is 0 Å². The summed E-state index contributed by atoms with van der Waals surface area (Å²) < 4.78 is 0.304. The Balaban J connectivity index is 2.35. The number of thioether (sulfide) groups is 2. The van der Waals surface area contributed by atoms with Gasteiger partial charge < -0.3 is 0 Å². The lowest BCUT2D eigenvalue weighted by atomic mass is 10.0. The molecule has 9 heavy (non-hydrogen) atoms. The lowest BCUT2D eigenvalue weighted by molar-refractivity contribution is 0.490. The third kappa shape index (κ3) is 2.60. The Hall–Kier alpha value is 0.990. The first-order valence-electron chi connectivity index (χ1n) is 2.97. The van der Waals surface area contributed by atoms with E-state index in [4.69, 9.17) is 11.6 Å². The van der Waals surface area contributed by atoms with Gasteiger partial charge in [-0.3, -0.25) is 0 Å². The monoisotopic (exact) mass is 182 g/mol. The summed E-state index contributed by atoms with van der Waals surface area (Å²) >= 11 is 9.58. The summed E-state index contributed by atoms with van der Waals surface area (Å²) in [4.78, 5) is 0. The number of hydrogen-bond acceptors (Lipinski definition) is 2. The van der Waals surface area contributed by atoms with Gasteiger partial charge in [-0.25, -0.2) is 0 Å². The maximum atomic E-state index is 5.87. The predicted molar refractivity (Wildman–Crippen MR) is 48.3 cm³/mol. The van der Waals surface area contributed by atoms with Gasteiger partial charge in [-0.2, -0.15) is 0 Å². The van der Waals surface area contributed by atoms with Crippen LogP contribution in [0, 0.1) is 5.41 Å². The molecule has 3 heteroatoms. The van der Waals surface area contributed by atoms with Crippen LogP contribution in [0.25, 0.3) is 0 Å². The summed E-state index contributed by atoms with van der Waals surface area (Å²) in [5.74, 6) is 2.41. The molecule has 0 aromatic heterocycles. The van der Waals surface area contributed by atoms with Crippen LogP contribution in [-0.2, 0) is 0 Å². The zero-order valence-corrected chi connectivity index (χ0v) is 8.07. The Morgan fingerprint density at radius 1 is 1.33 bits per heavy atom. The van der Waals surface area contributed by atoms with Gasteiger partial charge in [0.05, 0.1) is 0 Å². The van der Waals surface area contributed by atoms with Crippen molar-refractivity contribution in [3.63, 3.8) is 0 Å². The molecule has 1 rings (SSSR count). The SMILES string of the molecule is CC1(C)CSC(Cl)SC1. The molecule has 0 aromatic rings. The van der Waals surface area contributed by atoms with E-state index in [0.717, 1.165) is 0 Å². The van der Waals surface area contributed by atoms with Crippen LogP contribution in [0.3, 0.4) is 0 Å². The third-order valence-corrected chi connectivity index (χ3v) is 5.20. The summed E-state index contributed by atoms with van der Waals surface area (Å²) in [6.07, 6.45) is 0. The van der Waals surface area contributed by atoms with E-state index in [9.17, 15) is 0 Å². The molecule has 0 N–H and O–H groups in total. The van der Waals surface area contributed by atoms with Crippen molar-refractivity contribution >= 4 is 35.1 Å². The number of halogens is 1. The summed E-state index contributed by atoms with van der Waals surface area (Å²) in [5.41, 5.74) is 0.501. The van der Waals surface area contributed by atoms with Gasteiger partial charge in [0.15, 0.2) is 0 Å². The molecule has 1 saturated heterocycles. The van der Waals surface area contributed by atoms with E-state index in [0.29, 0.717) is 9.46 Å². The van der Waals surface area contributed by atoms with E-state index in [1.165, 1.54) is 11.5 Å². The van der Waals surface area contributed by atoms with Crippen LogP contribution in [0.4, 0.5) is 0 Å². The van der Waals surface area contributed by atoms with Crippen LogP contribution in [0.5, 0.6) is 0 Å². The molecule has 0 atom stereocenters. The fourth-order valence-electron chi connectivity index (χ4n) is 0.672. The molecule has 0 unspecified atom stereocenters. The Bertz CT molecular complexity index is 93.2. The van der Waals surface area contributed by atoms with E-state index >= 15 is 0 Å². The average Bonchev–Trinajstić information content (AvgIpc) is 1.78. The molecule has 0 aromatic carbocycles. The maximum absolute atomic E-state index is 5.87. The summed E-state index contributed by atoms with van der Waals surface area (Å²) in [5, 5.41) is 0. The lowest BCUT2D eigenvalue weighted by Gasteiger charge is -2.30. The van der Waals surface area contributed by atoms with Crippen molar-refractivity contribution in [3.8, 4) is 0 Å². The molecule has 0 radical (unpaired) electrons. The van der Waals surface area contributed by atoms with Crippen molar-refractivity contribution in [3.05, 3.63) is 0 Å². The van der Waals surface area contributed by atoms with Crippen LogP contribution in [-0.4, -0.2) is 15.5 Å². The number of hydrogen-bond donors (Lipinski definition) is 0. The first-order chi connectivity index (χ1) is 4.10. The zero-order valence-electron chi connectivity index (χ0n) is 5.69. The minimum Gasteiger partial charge on any atom is -0.131 e. The molecule has 0 bridgehead atoms. The molecular formula is C6H11ClS2. The molecule has 1 heterocycles. The number of rotatable bonds is 0. The fraction of sp³-hybridized carbons (Fsp3) is 1.00. The lowest BCUT2D eigenvalue weighted by Crippen LogP contribution is -2.23. The molecule has 1 aliphatic rings. The van der Waals surface area contributed by atoms with E-state index in [2.05, 4.69) is 13.8 Å².